The van der Waals surface area contributed by atoms with Gasteiger partial charge in [0.1, 0.15) is 5.76 Å². The minimum atomic E-state index is -0.00882. The molecule has 0 saturated carbocycles. The monoisotopic (exact) mass is 242 g/mol. The fourth-order valence-corrected chi connectivity index (χ4v) is 1.84. The van der Waals surface area contributed by atoms with Gasteiger partial charge in [-0.1, -0.05) is 5.16 Å². The lowest BCUT2D eigenvalue weighted by atomic mass is 10.2. The summed E-state index contributed by atoms with van der Waals surface area (Å²) < 4.78 is 5.07. The van der Waals surface area contributed by atoms with Crippen LogP contribution in [-0.2, 0) is 11.3 Å². The third-order valence-corrected chi connectivity index (χ3v) is 3.56. The first-order chi connectivity index (χ1) is 7.47. The maximum atomic E-state index is 11.9. The molecule has 0 radical (unpaired) electrons. The van der Waals surface area contributed by atoms with E-state index in [1.54, 1.807) is 23.7 Å². The highest BCUT2D eigenvalue weighted by molar-refractivity contribution is 7.99. The quantitative estimate of drug-likeness (QED) is 0.810. The molecule has 0 aliphatic rings. The Labute approximate surface area is 100 Å². The average Bonchev–Trinajstić information content (AvgIpc) is 2.58. The van der Waals surface area contributed by atoms with Crippen LogP contribution in [-0.4, -0.2) is 34.5 Å². The second-order valence-electron chi connectivity index (χ2n) is 3.87. The first kappa shape index (κ1) is 13.1. The van der Waals surface area contributed by atoms with Crippen LogP contribution in [0.5, 0.6) is 0 Å². The van der Waals surface area contributed by atoms with E-state index in [0.717, 1.165) is 17.0 Å². The summed E-state index contributed by atoms with van der Waals surface area (Å²) in [6, 6.07) is 0. The van der Waals surface area contributed by atoms with Gasteiger partial charge in [-0.25, -0.2) is 0 Å². The Morgan fingerprint density at radius 2 is 2.19 bits per heavy atom. The molecule has 1 aromatic rings. The van der Waals surface area contributed by atoms with Crippen molar-refractivity contribution in [2.24, 2.45) is 0 Å². The zero-order valence-electron chi connectivity index (χ0n) is 10.4. The lowest BCUT2D eigenvalue weighted by molar-refractivity contribution is -0.129. The standard InChI is InChI=1S/C11H18N2O2S/c1-7-10(8(2)15-12-7)6-13(4)11(14)9(3)16-5/h9H,6H2,1-5H3. The number of aromatic nitrogens is 1. The Balaban J connectivity index is 2.71. The number of thioether (sulfide) groups is 1. The van der Waals surface area contributed by atoms with Crippen LogP contribution in [0.2, 0.25) is 0 Å². The molecule has 0 spiro atoms. The fourth-order valence-electron chi connectivity index (χ4n) is 1.45. The van der Waals surface area contributed by atoms with Crippen LogP contribution in [0, 0.1) is 13.8 Å². The molecule has 0 N–H and O–H groups in total. The maximum absolute atomic E-state index is 11.9. The van der Waals surface area contributed by atoms with Gasteiger partial charge in [-0.3, -0.25) is 4.79 Å². The van der Waals surface area contributed by atoms with Crippen molar-refractivity contribution in [1.29, 1.82) is 0 Å². The average molecular weight is 242 g/mol. The molecule has 1 unspecified atom stereocenters. The summed E-state index contributed by atoms with van der Waals surface area (Å²) in [7, 11) is 1.81. The molecule has 5 heteroatoms. The molecule has 0 aliphatic heterocycles. The zero-order valence-corrected chi connectivity index (χ0v) is 11.2. The zero-order chi connectivity index (χ0) is 12.3. The van der Waals surface area contributed by atoms with E-state index in [4.69, 9.17) is 4.52 Å². The molecular weight excluding hydrogens is 224 g/mol. The summed E-state index contributed by atoms with van der Waals surface area (Å²) in [5.74, 6) is 0.918. The lowest BCUT2D eigenvalue weighted by Gasteiger charge is -2.20. The van der Waals surface area contributed by atoms with E-state index >= 15 is 0 Å². The van der Waals surface area contributed by atoms with Gasteiger partial charge in [0.05, 0.1) is 17.5 Å². The Hall–Kier alpha value is -0.970. The van der Waals surface area contributed by atoms with Crippen molar-refractivity contribution >= 4 is 17.7 Å². The second kappa shape index (κ2) is 5.39. The van der Waals surface area contributed by atoms with Crippen LogP contribution >= 0.6 is 11.8 Å². The Morgan fingerprint density at radius 3 is 2.62 bits per heavy atom. The molecule has 4 nitrogen and oxygen atoms in total. The molecule has 16 heavy (non-hydrogen) atoms. The molecule has 0 saturated heterocycles. The molecule has 0 bridgehead atoms. The Kier molecular flexibility index (Phi) is 4.41. The van der Waals surface area contributed by atoms with Crippen LogP contribution in [0.15, 0.2) is 4.52 Å². The topological polar surface area (TPSA) is 46.3 Å². The van der Waals surface area contributed by atoms with E-state index in [-0.39, 0.29) is 11.2 Å². The first-order valence-corrected chi connectivity index (χ1v) is 6.45. The normalized spacial score (nSPS) is 12.6. The number of nitrogens with zero attached hydrogens (tertiary/aromatic N) is 2. The Morgan fingerprint density at radius 1 is 1.56 bits per heavy atom. The number of aryl methyl sites for hydroxylation is 2. The number of hydrogen-bond acceptors (Lipinski definition) is 4. The van der Waals surface area contributed by atoms with E-state index in [9.17, 15) is 4.79 Å². The van der Waals surface area contributed by atoms with Gasteiger partial charge >= 0.3 is 0 Å². The number of rotatable bonds is 4. The van der Waals surface area contributed by atoms with Crippen molar-refractivity contribution in [3.05, 3.63) is 17.0 Å². The van der Waals surface area contributed by atoms with Gasteiger partial charge < -0.3 is 9.42 Å². The van der Waals surface area contributed by atoms with Crippen molar-refractivity contribution in [3.8, 4) is 0 Å². The van der Waals surface area contributed by atoms with Crippen molar-refractivity contribution in [2.45, 2.75) is 32.6 Å². The van der Waals surface area contributed by atoms with Gasteiger partial charge in [0.15, 0.2) is 0 Å². The Bertz CT molecular complexity index is 357. The molecule has 0 aliphatic carbocycles. The van der Waals surface area contributed by atoms with Crippen LogP contribution in [0.4, 0.5) is 0 Å². The summed E-state index contributed by atoms with van der Waals surface area (Å²) in [6.45, 7) is 6.23. The molecule has 90 valence electrons. The molecule has 1 amide bonds. The SMILES string of the molecule is CSC(C)C(=O)N(C)Cc1c(C)noc1C. The largest absolute Gasteiger partial charge is 0.361 e. The van der Waals surface area contributed by atoms with E-state index in [1.807, 2.05) is 27.0 Å². The van der Waals surface area contributed by atoms with Crippen molar-refractivity contribution in [3.63, 3.8) is 0 Å². The van der Waals surface area contributed by atoms with Gasteiger partial charge in [0, 0.05) is 12.6 Å². The minimum Gasteiger partial charge on any atom is -0.361 e. The smallest absolute Gasteiger partial charge is 0.235 e. The van der Waals surface area contributed by atoms with Crippen molar-refractivity contribution in [2.75, 3.05) is 13.3 Å². The van der Waals surface area contributed by atoms with Crippen LogP contribution < -0.4 is 0 Å². The lowest BCUT2D eigenvalue weighted by Crippen LogP contribution is -2.32. The number of hydrogen-bond donors (Lipinski definition) is 0. The summed E-state index contributed by atoms with van der Waals surface area (Å²) in [6.07, 6.45) is 1.94. The highest BCUT2D eigenvalue weighted by Gasteiger charge is 2.19. The molecule has 0 aromatic carbocycles. The van der Waals surface area contributed by atoms with E-state index < -0.39 is 0 Å². The van der Waals surface area contributed by atoms with Crippen molar-refractivity contribution in [1.82, 2.24) is 10.1 Å². The van der Waals surface area contributed by atoms with E-state index in [0.29, 0.717) is 6.54 Å². The van der Waals surface area contributed by atoms with Gasteiger partial charge in [-0.05, 0) is 27.0 Å². The molecule has 1 rings (SSSR count). The minimum absolute atomic E-state index is 0.00882. The first-order valence-electron chi connectivity index (χ1n) is 5.17. The molecule has 0 fully saturated rings. The summed E-state index contributed by atoms with van der Waals surface area (Å²) >= 11 is 1.55. The van der Waals surface area contributed by atoms with Crippen LogP contribution in [0.25, 0.3) is 0 Å². The predicted octanol–water partition coefficient (Wildman–Crippen LogP) is 2.00. The second-order valence-corrected chi connectivity index (χ2v) is 5.05. The third-order valence-electron chi connectivity index (χ3n) is 2.65. The van der Waals surface area contributed by atoms with Gasteiger partial charge in [0.25, 0.3) is 0 Å². The maximum Gasteiger partial charge on any atom is 0.235 e. The molecule has 1 atom stereocenters. The number of carbonyl (C=O) groups is 1. The number of carbonyl (C=O) groups excluding carboxylic acids is 1. The van der Waals surface area contributed by atoms with Gasteiger partial charge in [-0.2, -0.15) is 11.8 Å². The van der Waals surface area contributed by atoms with Crippen molar-refractivity contribution < 1.29 is 9.32 Å². The summed E-state index contributed by atoms with van der Waals surface area (Å²) in [4.78, 5) is 13.6. The number of amides is 1. The predicted molar refractivity (Wildman–Crippen MR) is 65.4 cm³/mol. The third kappa shape index (κ3) is 2.78. The summed E-state index contributed by atoms with van der Waals surface area (Å²) in [5.41, 5.74) is 1.86. The van der Waals surface area contributed by atoms with Crippen LogP contribution in [0.1, 0.15) is 23.9 Å². The molecule has 1 aromatic heterocycles. The highest BCUT2D eigenvalue weighted by Crippen LogP contribution is 2.16. The van der Waals surface area contributed by atoms with Gasteiger partial charge in [0.2, 0.25) is 5.91 Å². The highest BCUT2D eigenvalue weighted by atomic mass is 32.2. The van der Waals surface area contributed by atoms with E-state index in [1.165, 1.54) is 0 Å². The summed E-state index contributed by atoms with van der Waals surface area (Å²) in [5, 5.41) is 3.87. The molecule has 1 heterocycles. The molecular formula is C11H18N2O2S. The fraction of sp³-hybridized carbons (Fsp3) is 0.636. The van der Waals surface area contributed by atoms with Gasteiger partial charge in [-0.15, -0.1) is 0 Å². The van der Waals surface area contributed by atoms with E-state index in [2.05, 4.69) is 5.16 Å². The van der Waals surface area contributed by atoms with Crippen LogP contribution in [0.3, 0.4) is 0 Å².